The minimum Gasteiger partial charge on any atom is -0.331 e. The summed E-state index contributed by atoms with van der Waals surface area (Å²) >= 11 is 0. The number of hydrogen-bond acceptors (Lipinski definition) is 1. The van der Waals surface area contributed by atoms with Crippen LogP contribution < -0.4 is 4.90 Å². The number of nitrogens with zero attached hydrogens (tertiary/aromatic N) is 1. The molecular formula is C34H29F2N. The van der Waals surface area contributed by atoms with Crippen LogP contribution in [0.1, 0.15) is 20.8 Å². The fourth-order valence-corrected chi connectivity index (χ4v) is 4.81. The first kappa shape index (κ1) is 24.5. The van der Waals surface area contributed by atoms with Crippen molar-refractivity contribution >= 4 is 11.4 Å². The predicted molar refractivity (Wildman–Crippen MR) is 151 cm³/mol. The number of anilines is 2. The second kappa shape index (κ2) is 10.0. The SMILES string of the molecule is CC(C)(C)N(c1ccccc1F)c1cc(-c2ccccc2)c(-c2cccc(-c3ccccc3)c2)cc1F. The summed E-state index contributed by atoms with van der Waals surface area (Å²) in [5.74, 6) is -0.796. The van der Waals surface area contributed by atoms with Crippen molar-refractivity contribution in [1.82, 2.24) is 0 Å². The quantitative estimate of drug-likeness (QED) is 0.237. The predicted octanol–water partition coefficient (Wildman–Crippen LogP) is 9.90. The molecule has 184 valence electrons. The van der Waals surface area contributed by atoms with Crippen molar-refractivity contribution in [3.8, 4) is 33.4 Å². The molecule has 5 aromatic carbocycles. The molecule has 1 nitrogen and oxygen atoms in total. The van der Waals surface area contributed by atoms with E-state index >= 15 is 4.39 Å². The summed E-state index contributed by atoms with van der Waals surface area (Å²) in [6.45, 7) is 5.87. The Hall–Kier alpha value is -4.24. The summed E-state index contributed by atoms with van der Waals surface area (Å²) in [6.07, 6.45) is 0. The van der Waals surface area contributed by atoms with Crippen molar-refractivity contribution in [3.63, 3.8) is 0 Å². The van der Waals surface area contributed by atoms with Gasteiger partial charge in [0.2, 0.25) is 0 Å². The molecule has 0 heterocycles. The summed E-state index contributed by atoms with van der Waals surface area (Å²) in [5, 5.41) is 0. The highest BCUT2D eigenvalue weighted by Gasteiger charge is 2.29. The van der Waals surface area contributed by atoms with Gasteiger partial charge in [0, 0.05) is 5.54 Å². The van der Waals surface area contributed by atoms with E-state index in [0.29, 0.717) is 11.4 Å². The molecule has 0 saturated carbocycles. The standard InChI is InChI=1S/C34H29F2N/c1-34(2,3)37(32-20-11-10-19-30(32)35)33-23-29(25-15-8-5-9-16-25)28(22-31(33)36)27-18-12-17-26(21-27)24-13-6-4-7-14-24/h4-23H,1-3H3. The van der Waals surface area contributed by atoms with Gasteiger partial charge in [-0.05, 0) is 84.5 Å². The summed E-state index contributed by atoms with van der Waals surface area (Å²) < 4.78 is 31.1. The zero-order chi connectivity index (χ0) is 26.0. The molecule has 3 heteroatoms. The number of benzene rings is 5. The van der Waals surface area contributed by atoms with Crippen LogP contribution in [0.25, 0.3) is 33.4 Å². The highest BCUT2D eigenvalue weighted by atomic mass is 19.1. The van der Waals surface area contributed by atoms with Gasteiger partial charge in [0.1, 0.15) is 11.6 Å². The lowest BCUT2D eigenvalue weighted by molar-refractivity contribution is 0.527. The molecule has 5 rings (SSSR count). The summed E-state index contributed by atoms with van der Waals surface area (Å²) in [7, 11) is 0. The van der Waals surface area contributed by atoms with Gasteiger partial charge >= 0.3 is 0 Å². The second-order valence-corrected chi connectivity index (χ2v) is 10.1. The molecule has 0 N–H and O–H groups in total. The third kappa shape index (κ3) is 5.03. The molecular weight excluding hydrogens is 460 g/mol. The summed E-state index contributed by atoms with van der Waals surface area (Å²) in [5.41, 5.74) is 5.80. The van der Waals surface area contributed by atoms with Crippen LogP contribution >= 0.6 is 0 Å². The van der Waals surface area contributed by atoms with E-state index < -0.39 is 17.2 Å². The third-order valence-electron chi connectivity index (χ3n) is 6.46. The first-order chi connectivity index (χ1) is 17.8. The highest BCUT2D eigenvalue weighted by Crippen LogP contribution is 2.42. The molecule has 0 unspecified atom stereocenters. The lowest BCUT2D eigenvalue weighted by atomic mass is 9.91. The fraction of sp³-hybridized carbons (Fsp3) is 0.118. The number of halogens is 2. The average molecular weight is 490 g/mol. The van der Waals surface area contributed by atoms with Crippen LogP contribution in [0.4, 0.5) is 20.2 Å². The van der Waals surface area contributed by atoms with Gasteiger partial charge < -0.3 is 4.90 Å². The van der Waals surface area contributed by atoms with Crippen LogP contribution in [-0.4, -0.2) is 5.54 Å². The maximum absolute atomic E-state index is 16.1. The van der Waals surface area contributed by atoms with E-state index in [4.69, 9.17) is 0 Å². The highest BCUT2D eigenvalue weighted by molar-refractivity contribution is 5.88. The van der Waals surface area contributed by atoms with Gasteiger partial charge in [0.15, 0.2) is 0 Å². The van der Waals surface area contributed by atoms with E-state index in [2.05, 4.69) is 24.3 Å². The Morgan fingerprint density at radius 3 is 1.65 bits per heavy atom. The Morgan fingerprint density at radius 1 is 0.459 bits per heavy atom. The normalized spacial score (nSPS) is 11.4. The molecule has 0 aromatic heterocycles. The largest absolute Gasteiger partial charge is 0.331 e. The minimum atomic E-state index is -0.578. The molecule has 0 saturated heterocycles. The molecule has 0 aliphatic heterocycles. The molecule has 0 bridgehead atoms. The van der Waals surface area contributed by atoms with Gasteiger partial charge in [0.25, 0.3) is 0 Å². The maximum atomic E-state index is 16.1. The van der Waals surface area contributed by atoms with Crippen LogP contribution in [0.5, 0.6) is 0 Å². The maximum Gasteiger partial charge on any atom is 0.147 e. The van der Waals surface area contributed by atoms with Crippen LogP contribution in [-0.2, 0) is 0 Å². The molecule has 37 heavy (non-hydrogen) atoms. The monoisotopic (exact) mass is 489 g/mol. The van der Waals surface area contributed by atoms with Crippen molar-refractivity contribution in [2.24, 2.45) is 0 Å². The molecule has 0 atom stereocenters. The molecule has 0 spiro atoms. The van der Waals surface area contributed by atoms with Crippen LogP contribution in [0.3, 0.4) is 0 Å². The molecule has 0 amide bonds. The smallest absolute Gasteiger partial charge is 0.147 e. The number of hydrogen-bond donors (Lipinski definition) is 0. The van der Waals surface area contributed by atoms with Gasteiger partial charge in [-0.15, -0.1) is 0 Å². The number of rotatable bonds is 5. The zero-order valence-electron chi connectivity index (χ0n) is 21.3. The van der Waals surface area contributed by atoms with Gasteiger partial charge in [-0.25, -0.2) is 8.78 Å². The van der Waals surface area contributed by atoms with E-state index in [0.717, 1.165) is 33.4 Å². The Balaban J connectivity index is 1.74. The van der Waals surface area contributed by atoms with E-state index in [1.54, 1.807) is 29.2 Å². The first-order valence-electron chi connectivity index (χ1n) is 12.4. The lowest BCUT2D eigenvalue weighted by Gasteiger charge is -2.38. The fourth-order valence-electron chi connectivity index (χ4n) is 4.81. The number of para-hydroxylation sites is 1. The topological polar surface area (TPSA) is 3.24 Å². The molecule has 5 aromatic rings. The van der Waals surface area contributed by atoms with Crippen molar-refractivity contribution in [3.05, 3.63) is 133 Å². The van der Waals surface area contributed by atoms with Crippen molar-refractivity contribution in [2.75, 3.05) is 4.90 Å². The molecule has 0 aliphatic carbocycles. The average Bonchev–Trinajstić information content (AvgIpc) is 2.91. The van der Waals surface area contributed by atoms with E-state index in [-0.39, 0.29) is 0 Å². The van der Waals surface area contributed by atoms with Gasteiger partial charge in [0.05, 0.1) is 11.4 Å². The van der Waals surface area contributed by atoms with E-state index in [9.17, 15) is 4.39 Å². The van der Waals surface area contributed by atoms with Crippen molar-refractivity contribution < 1.29 is 8.78 Å². The summed E-state index contributed by atoms with van der Waals surface area (Å²) in [6, 6.07) is 38.2. The Labute approximate surface area is 217 Å². The van der Waals surface area contributed by atoms with Gasteiger partial charge in [-0.3, -0.25) is 0 Å². The van der Waals surface area contributed by atoms with Crippen LogP contribution in [0.15, 0.2) is 121 Å². The lowest BCUT2D eigenvalue weighted by Crippen LogP contribution is -2.38. The first-order valence-corrected chi connectivity index (χ1v) is 12.4. The zero-order valence-corrected chi connectivity index (χ0v) is 21.3. The van der Waals surface area contributed by atoms with E-state index in [1.165, 1.54) is 6.07 Å². The van der Waals surface area contributed by atoms with Gasteiger partial charge in [-0.2, -0.15) is 0 Å². The van der Waals surface area contributed by atoms with Crippen molar-refractivity contribution in [2.45, 2.75) is 26.3 Å². The molecule has 0 aliphatic rings. The van der Waals surface area contributed by atoms with Crippen molar-refractivity contribution in [1.29, 1.82) is 0 Å². The molecule has 0 radical (unpaired) electrons. The minimum absolute atomic E-state index is 0.333. The second-order valence-electron chi connectivity index (χ2n) is 10.1. The Kier molecular flexibility index (Phi) is 6.62. The van der Waals surface area contributed by atoms with Crippen LogP contribution in [0.2, 0.25) is 0 Å². The Morgan fingerprint density at radius 2 is 1.00 bits per heavy atom. The van der Waals surface area contributed by atoms with Crippen LogP contribution in [0, 0.1) is 11.6 Å². The van der Waals surface area contributed by atoms with Gasteiger partial charge in [-0.1, -0.05) is 91.0 Å². The third-order valence-corrected chi connectivity index (χ3v) is 6.46. The van der Waals surface area contributed by atoms with E-state index in [1.807, 2.05) is 87.5 Å². The molecule has 0 fully saturated rings. The summed E-state index contributed by atoms with van der Waals surface area (Å²) in [4.78, 5) is 1.74. The Bertz CT molecular complexity index is 1520.